The molecule has 3 atom stereocenters. The molecule has 1 heterocycles. The molecule has 0 saturated carbocycles. The zero-order chi connectivity index (χ0) is 18.6. The van der Waals surface area contributed by atoms with E-state index in [4.69, 9.17) is 14.2 Å². The summed E-state index contributed by atoms with van der Waals surface area (Å²) in [6, 6.07) is 8.24. The van der Waals surface area contributed by atoms with Gasteiger partial charge in [0, 0.05) is 13.8 Å². The molecule has 0 spiro atoms. The van der Waals surface area contributed by atoms with Crippen LogP contribution in [0.1, 0.15) is 51.8 Å². The highest BCUT2D eigenvalue weighted by atomic mass is 16.6. The summed E-state index contributed by atoms with van der Waals surface area (Å²) >= 11 is 0. The predicted octanol–water partition coefficient (Wildman–Crippen LogP) is 3.48. The number of rotatable bonds is 4. The van der Waals surface area contributed by atoms with Gasteiger partial charge in [-0.2, -0.15) is 0 Å². The minimum absolute atomic E-state index is 0.0359. The Balaban J connectivity index is 2.16. The number of carbonyl (C=O) groups is 2. The Bertz CT molecular complexity index is 639. The molecule has 0 N–H and O–H groups in total. The SMILES string of the molecule is CC(=O)OC[C@H]1O[C@H](c2ccc(C(C)(C)C)cc2)C=C[C@H]1OC(C)=O. The van der Waals surface area contributed by atoms with Crippen LogP contribution in [0.25, 0.3) is 0 Å². The van der Waals surface area contributed by atoms with Gasteiger partial charge in [-0.25, -0.2) is 0 Å². The summed E-state index contributed by atoms with van der Waals surface area (Å²) in [4.78, 5) is 22.4. The fraction of sp³-hybridized carbons (Fsp3) is 0.500. The predicted molar refractivity (Wildman–Crippen MR) is 94.1 cm³/mol. The fourth-order valence-electron chi connectivity index (χ4n) is 2.65. The molecule has 5 nitrogen and oxygen atoms in total. The maximum Gasteiger partial charge on any atom is 0.303 e. The van der Waals surface area contributed by atoms with Crippen molar-refractivity contribution in [1.82, 2.24) is 0 Å². The second-order valence-electron chi connectivity index (χ2n) is 7.23. The van der Waals surface area contributed by atoms with E-state index >= 15 is 0 Å². The van der Waals surface area contributed by atoms with E-state index in [0.717, 1.165) is 5.56 Å². The summed E-state index contributed by atoms with van der Waals surface area (Å²) < 4.78 is 16.3. The van der Waals surface area contributed by atoms with E-state index in [1.807, 2.05) is 18.2 Å². The Kier molecular flexibility index (Phi) is 6.01. The Morgan fingerprint density at radius 3 is 2.20 bits per heavy atom. The highest BCUT2D eigenvalue weighted by Crippen LogP contribution is 2.30. The van der Waals surface area contributed by atoms with Crippen LogP contribution in [-0.2, 0) is 29.2 Å². The van der Waals surface area contributed by atoms with Crippen LogP contribution >= 0.6 is 0 Å². The quantitative estimate of drug-likeness (QED) is 0.617. The van der Waals surface area contributed by atoms with Crippen LogP contribution in [0.2, 0.25) is 0 Å². The summed E-state index contributed by atoms with van der Waals surface area (Å²) in [5.41, 5.74) is 2.32. The number of ether oxygens (including phenoxy) is 3. The van der Waals surface area contributed by atoms with Crippen molar-refractivity contribution in [2.24, 2.45) is 0 Å². The Hall–Kier alpha value is -2.14. The zero-order valence-corrected chi connectivity index (χ0v) is 15.4. The average molecular weight is 346 g/mol. The molecule has 1 aliphatic rings. The molecule has 2 rings (SSSR count). The van der Waals surface area contributed by atoms with Crippen LogP contribution in [0.15, 0.2) is 36.4 Å². The van der Waals surface area contributed by atoms with E-state index < -0.39 is 24.1 Å². The lowest BCUT2D eigenvalue weighted by molar-refractivity contribution is -0.163. The first-order valence-electron chi connectivity index (χ1n) is 8.41. The minimum atomic E-state index is -0.568. The maximum atomic E-state index is 11.3. The van der Waals surface area contributed by atoms with Gasteiger partial charge in [0.25, 0.3) is 0 Å². The van der Waals surface area contributed by atoms with Gasteiger partial charge in [-0.15, -0.1) is 0 Å². The molecule has 0 aromatic heterocycles. The molecule has 1 aromatic rings. The molecule has 0 saturated heterocycles. The van der Waals surface area contributed by atoms with E-state index in [2.05, 4.69) is 32.9 Å². The molecular formula is C20H26O5. The Morgan fingerprint density at radius 1 is 1.04 bits per heavy atom. The molecular weight excluding hydrogens is 320 g/mol. The lowest BCUT2D eigenvalue weighted by atomic mass is 9.86. The van der Waals surface area contributed by atoms with Gasteiger partial charge in [0.1, 0.15) is 24.9 Å². The number of benzene rings is 1. The third-order valence-corrected chi connectivity index (χ3v) is 4.02. The largest absolute Gasteiger partial charge is 0.463 e. The molecule has 136 valence electrons. The average Bonchev–Trinajstić information content (AvgIpc) is 2.52. The summed E-state index contributed by atoms with van der Waals surface area (Å²) in [6.07, 6.45) is 2.28. The summed E-state index contributed by atoms with van der Waals surface area (Å²) in [5, 5.41) is 0. The van der Waals surface area contributed by atoms with E-state index in [1.54, 1.807) is 6.08 Å². The van der Waals surface area contributed by atoms with Crippen LogP contribution in [0, 0.1) is 0 Å². The van der Waals surface area contributed by atoms with Crippen LogP contribution in [0.5, 0.6) is 0 Å². The number of esters is 2. The van der Waals surface area contributed by atoms with Gasteiger partial charge < -0.3 is 14.2 Å². The van der Waals surface area contributed by atoms with Crippen LogP contribution in [0.3, 0.4) is 0 Å². The van der Waals surface area contributed by atoms with Gasteiger partial charge in [0.05, 0.1) is 0 Å². The van der Waals surface area contributed by atoms with Crippen molar-refractivity contribution in [3.63, 3.8) is 0 Å². The molecule has 0 amide bonds. The summed E-state index contributed by atoms with van der Waals surface area (Å²) in [6.45, 7) is 9.21. The van der Waals surface area contributed by atoms with Crippen molar-refractivity contribution in [2.75, 3.05) is 6.61 Å². The minimum Gasteiger partial charge on any atom is -0.463 e. The van der Waals surface area contributed by atoms with E-state index in [9.17, 15) is 9.59 Å². The molecule has 1 aliphatic heterocycles. The highest BCUT2D eigenvalue weighted by molar-refractivity contribution is 5.67. The van der Waals surface area contributed by atoms with E-state index in [-0.39, 0.29) is 18.1 Å². The lowest BCUT2D eigenvalue weighted by Crippen LogP contribution is -2.39. The van der Waals surface area contributed by atoms with Crippen molar-refractivity contribution in [1.29, 1.82) is 0 Å². The Labute approximate surface area is 149 Å². The fourth-order valence-corrected chi connectivity index (χ4v) is 2.65. The second kappa shape index (κ2) is 7.83. The van der Waals surface area contributed by atoms with Gasteiger partial charge in [-0.3, -0.25) is 9.59 Å². The Morgan fingerprint density at radius 2 is 1.68 bits per heavy atom. The van der Waals surface area contributed by atoms with Crippen molar-refractivity contribution < 1.29 is 23.8 Å². The van der Waals surface area contributed by atoms with Gasteiger partial charge in [-0.1, -0.05) is 51.1 Å². The smallest absolute Gasteiger partial charge is 0.303 e. The van der Waals surface area contributed by atoms with Gasteiger partial charge >= 0.3 is 11.9 Å². The first-order chi connectivity index (χ1) is 11.7. The van der Waals surface area contributed by atoms with E-state index in [0.29, 0.717) is 0 Å². The third kappa shape index (κ3) is 5.43. The topological polar surface area (TPSA) is 61.8 Å². The molecule has 1 aromatic carbocycles. The molecule has 0 radical (unpaired) electrons. The standard InChI is InChI=1S/C20H26O5/c1-13(21)23-12-19-18(24-14(2)22)11-10-17(25-19)15-6-8-16(9-7-15)20(3,4)5/h6-11,17-19H,12H2,1-5H3/t17-,18+,19+/m0/s1. The van der Waals surface area contributed by atoms with Crippen LogP contribution < -0.4 is 0 Å². The maximum absolute atomic E-state index is 11.3. The monoisotopic (exact) mass is 346 g/mol. The van der Waals surface area contributed by atoms with Crippen molar-refractivity contribution in [3.8, 4) is 0 Å². The summed E-state index contributed by atoms with van der Waals surface area (Å²) in [7, 11) is 0. The molecule has 0 unspecified atom stereocenters. The number of hydrogen-bond donors (Lipinski definition) is 0. The molecule has 25 heavy (non-hydrogen) atoms. The summed E-state index contributed by atoms with van der Waals surface area (Å²) in [5.74, 6) is -0.801. The highest BCUT2D eigenvalue weighted by Gasteiger charge is 2.31. The van der Waals surface area contributed by atoms with Crippen LogP contribution in [-0.4, -0.2) is 30.8 Å². The lowest BCUT2D eigenvalue weighted by Gasteiger charge is -2.32. The molecule has 5 heteroatoms. The molecule has 0 fully saturated rings. The second-order valence-corrected chi connectivity index (χ2v) is 7.23. The number of hydrogen-bond acceptors (Lipinski definition) is 5. The van der Waals surface area contributed by atoms with Gasteiger partial charge in [0.2, 0.25) is 0 Å². The molecule has 0 bridgehead atoms. The van der Waals surface area contributed by atoms with Crippen molar-refractivity contribution in [3.05, 3.63) is 47.5 Å². The van der Waals surface area contributed by atoms with Crippen molar-refractivity contribution >= 4 is 11.9 Å². The van der Waals surface area contributed by atoms with Crippen LogP contribution in [0.4, 0.5) is 0 Å². The van der Waals surface area contributed by atoms with E-state index in [1.165, 1.54) is 19.4 Å². The van der Waals surface area contributed by atoms with Gasteiger partial charge in [-0.05, 0) is 22.6 Å². The molecule has 0 aliphatic carbocycles. The van der Waals surface area contributed by atoms with Gasteiger partial charge in [0.15, 0.2) is 0 Å². The third-order valence-electron chi connectivity index (χ3n) is 4.02. The zero-order valence-electron chi connectivity index (χ0n) is 15.4. The normalized spacial score (nSPS) is 23.2. The van der Waals surface area contributed by atoms with Crippen molar-refractivity contribution in [2.45, 2.75) is 58.3 Å². The first-order valence-corrected chi connectivity index (χ1v) is 8.41. The first kappa shape index (κ1) is 19.2. The number of carbonyl (C=O) groups excluding carboxylic acids is 2.